The molecule has 1 heterocycles. The number of imide groups is 1. The van der Waals surface area contributed by atoms with E-state index in [1.165, 1.54) is 0 Å². The lowest BCUT2D eigenvalue weighted by Gasteiger charge is -2.25. The van der Waals surface area contributed by atoms with Crippen LogP contribution >= 0.6 is 0 Å². The quantitative estimate of drug-likeness (QED) is 0.578. The molecular weight excluding hydrogens is 408 g/mol. The number of carbonyl (C=O) groups excluding carboxylic acids is 4. The van der Waals surface area contributed by atoms with Crippen LogP contribution in [0.1, 0.15) is 38.3 Å². The van der Waals surface area contributed by atoms with Crippen molar-refractivity contribution in [1.82, 2.24) is 10.2 Å². The zero-order valence-corrected chi connectivity index (χ0v) is 18.7. The average Bonchev–Trinajstić information content (AvgIpc) is 3.01. The lowest BCUT2D eigenvalue weighted by molar-refractivity contribution is -0.134. The molecule has 1 saturated heterocycles. The minimum absolute atomic E-state index is 0.137. The van der Waals surface area contributed by atoms with Gasteiger partial charge in [0.2, 0.25) is 11.8 Å². The van der Waals surface area contributed by atoms with E-state index in [4.69, 9.17) is 0 Å². The van der Waals surface area contributed by atoms with Gasteiger partial charge in [-0.3, -0.25) is 19.3 Å². The van der Waals surface area contributed by atoms with Crippen molar-refractivity contribution in [3.05, 3.63) is 59.7 Å². The number of carbonyl (C=O) groups is 4. The van der Waals surface area contributed by atoms with E-state index in [1.807, 2.05) is 19.9 Å². The van der Waals surface area contributed by atoms with Crippen molar-refractivity contribution < 1.29 is 19.2 Å². The van der Waals surface area contributed by atoms with Gasteiger partial charge in [-0.15, -0.1) is 0 Å². The van der Waals surface area contributed by atoms with Gasteiger partial charge in [0, 0.05) is 17.3 Å². The molecule has 3 N–H and O–H groups in total. The van der Waals surface area contributed by atoms with Crippen molar-refractivity contribution in [2.24, 2.45) is 5.92 Å². The van der Waals surface area contributed by atoms with E-state index in [2.05, 4.69) is 16.0 Å². The summed E-state index contributed by atoms with van der Waals surface area (Å²) in [5, 5.41) is 8.29. The maximum atomic E-state index is 13.2. The molecule has 168 valence electrons. The third-order valence-corrected chi connectivity index (χ3v) is 5.58. The van der Waals surface area contributed by atoms with E-state index >= 15 is 0 Å². The number of benzene rings is 2. The van der Waals surface area contributed by atoms with E-state index < -0.39 is 29.9 Å². The third kappa shape index (κ3) is 4.49. The number of nitrogens with one attached hydrogen (secondary N) is 3. The van der Waals surface area contributed by atoms with Crippen LogP contribution in [0.25, 0.3) is 0 Å². The van der Waals surface area contributed by atoms with Crippen LogP contribution in [-0.4, -0.2) is 35.2 Å². The Morgan fingerprint density at radius 2 is 1.75 bits per heavy atom. The normalized spacial score (nSPS) is 18.0. The summed E-state index contributed by atoms with van der Waals surface area (Å²) in [6, 6.07) is 13.6. The predicted octanol–water partition coefficient (Wildman–Crippen LogP) is 3.39. The molecular formula is C24H28N4O4. The number of hydrogen-bond acceptors (Lipinski definition) is 4. The molecule has 0 spiro atoms. The molecule has 0 radical (unpaired) electrons. The molecule has 2 aromatic rings. The average molecular weight is 437 g/mol. The molecule has 5 amide bonds. The van der Waals surface area contributed by atoms with Gasteiger partial charge >= 0.3 is 6.03 Å². The van der Waals surface area contributed by atoms with Crippen LogP contribution in [0.4, 0.5) is 16.2 Å². The van der Waals surface area contributed by atoms with Crippen LogP contribution in [0, 0.1) is 12.8 Å². The van der Waals surface area contributed by atoms with Crippen LogP contribution in [0.2, 0.25) is 0 Å². The van der Waals surface area contributed by atoms with Crippen LogP contribution < -0.4 is 16.0 Å². The first-order valence-electron chi connectivity index (χ1n) is 10.6. The maximum absolute atomic E-state index is 13.2. The molecule has 8 nitrogen and oxygen atoms in total. The molecule has 0 saturated carbocycles. The Labute approximate surface area is 187 Å². The molecule has 1 atom stereocenters. The van der Waals surface area contributed by atoms with Crippen LogP contribution in [0.5, 0.6) is 0 Å². The summed E-state index contributed by atoms with van der Waals surface area (Å²) in [5.41, 5.74) is 1.32. The molecule has 1 aliphatic rings. The fraction of sp³-hybridized carbons (Fsp3) is 0.333. The second-order valence-corrected chi connectivity index (χ2v) is 8.17. The summed E-state index contributed by atoms with van der Waals surface area (Å²) < 4.78 is 0. The largest absolute Gasteiger partial charge is 0.326 e. The maximum Gasteiger partial charge on any atom is 0.325 e. The third-order valence-electron chi connectivity index (χ3n) is 5.58. The van der Waals surface area contributed by atoms with Crippen molar-refractivity contribution in [2.75, 3.05) is 17.2 Å². The molecule has 1 aliphatic heterocycles. The van der Waals surface area contributed by atoms with Crippen molar-refractivity contribution >= 4 is 35.1 Å². The van der Waals surface area contributed by atoms with Crippen LogP contribution in [0.15, 0.2) is 48.5 Å². The Hall–Kier alpha value is -3.68. The van der Waals surface area contributed by atoms with Gasteiger partial charge in [-0.25, -0.2) is 4.79 Å². The smallest absolute Gasteiger partial charge is 0.325 e. The Balaban J connectivity index is 1.75. The zero-order valence-electron chi connectivity index (χ0n) is 18.7. The van der Waals surface area contributed by atoms with Crippen molar-refractivity contribution in [3.8, 4) is 0 Å². The van der Waals surface area contributed by atoms with Crippen molar-refractivity contribution in [2.45, 2.75) is 39.7 Å². The monoisotopic (exact) mass is 436 g/mol. The number of nitrogens with zero attached hydrogens (tertiary/aromatic N) is 1. The summed E-state index contributed by atoms with van der Waals surface area (Å²) in [6.07, 6.45) is 0.358. The fourth-order valence-electron chi connectivity index (χ4n) is 3.59. The number of aryl methyl sites for hydroxylation is 1. The van der Waals surface area contributed by atoms with Crippen molar-refractivity contribution in [1.29, 1.82) is 0 Å². The number of anilines is 2. The molecule has 0 aromatic heterocycles. The van der Waals surface area contributed by atoms with Gasteiger partial charge in [-0.1, -0.05) is 57.2 Å². The molecule has 1 unspecified atom stereocenters. The van der Waals surface area contributed by atoms with E-state index in [0.29, 0.717) is 23.4 Å². The van der Waals surface area contributed by atoms with Gasteiger partial charge in [0.05, 0.1) is 0 Å². The summed E-state index contributed by atoms with van der Waals surface area (Å²) in [4.78, 5) is 51.4. The molecule has 1 fully saturated rings. The second kappa shape index (κ2) is 9.21. The van der Waals surface area contributed by atoms with Gasteiger partial charge < -0.3 is 16.0 Å². The highest BCUT2D eigenvalue weighted by Crippen LogP contribution is 2.32. The summed E-state index contributed by atoms with van der Waals surface area (Å²) in [7, 11) is 0. The molecule has 2 aromatic carbocycles. The van der Waals surface area contributed by atoms with E-state index in [-0.39, 0.29) is 11.8 Å². The van der Waals surface area contributed by atoms with E-state index in [9.17, 15) is 19.2 Å². The Kier molecular flexibility index (Phi) is 6.62. The van der Waals surface area contributed by atoms with Gasteiger partial charge in [0.1, 0.15) is 12.1 Å². The van der Waals surface area contributed by atoms with Gasteiger partial charge in [-0.05, 0) is 36.6 Å². The molecule has 8 heteroatoms. The minimum atomic E-state index is -1.18. The first kappa shape index (κ1) is 23.0. The highest BCUT2D eigenvalue weighted by atomic mass is 16.2. The summed E-state index contributed by atoms with van der Waals surface area (Å²) in [5.74, 6) is -1.29. The van der Waals surface area contributed by atoms with Crippen molar-refractivity contribution in [3.63, 3.8) is 0 Å². The number of urea groups is 1. The Bertz CT molecular complexity index is 1050. The second-order valence-electron chi connectivity index (χ2n) is 8.17. The number of amides is 5. The van der Waals surface area contributed by atoms with Crippen LogP contribution in [0.3, 0.4) is 0 Å². The lowest BCUT2D eigenvalue weighted by atomic mass is 9.87. The molecule has 3 rings (SSSR count). The van der Waals surface area contributed by atoms with Gasteiger partial charge in [0.25, 0.3) is 5.91 Å². The zero-order chi connectivity index (χ0) is 23.5. The van der Waals surface area contributed by atoms with E-state index in [0.717, 1.165) is 10.5 Å². The Morgan fingerprint density at radius 3 is 2.38 bits per heavy atom. The molecule has 0 aliphatic carbocycles. The van der Waals surface area contributed by atoms with Gasteiger partial charge in [0.15, 0.2) is 0 Å². The summed E-state index contributed by atoms with van der Waals surface area (Å²) >= 11 is 0. The first-order chi connectivity index (χ1) is 15.2. The fourth-order valence-corrected chi connectivity index (χ4v) is 3.59. The van der Waals surface area contributed by atoms with Gasteiger partial charge in [-0.2, -0.15) is 0 Å². The number of rotatable bonds is 7. The highest BCUT2D eigenvalue weighted by molar-refractivity contribution is 6.10. The highest BCUT2D eigenvalue weighted by Gasteiger charge is 2.51. The van der Waals surface area contributed by atoms with E-state index in [1.54, 1.807) is 56.3 Å². The standard InChI is InChI=1S/C24H28N4O4/c1-5-24(17-9-7-6-8-10-17)22(31)28(23(32)27-24)14-20(29)26-19-13-18(12-11-16(19)4)25-21(30)15(2)3/h6-13,15H,5,14H2,1-4H3,(H,25,30)(H,26,29)(H,27,32). The summed E-state index contributed by atoms with van der Waals surface area (Å²) in [6.45, 7) is 6.79. The first-order valence-corrected chi connectivity index (χ1v) is 10.6. The molecule has 32 heavy (non-hydrogen) atoms. The molecule has 0 bridgehead atoms. The lowest BCUT2D eigenvalue weighted by Crippen LogP contribution is -2.44. The topological polar surface area (TPSA) is 108 Å². The number of hydrogen-bond donors (Lipinski definition) is 3. The van der Waals surface area contributed by atoms with Crippen LogP contribution in [-0.2, 0) is 19.9 Å². The minimum Gasteiger partial charge on any atom is -0.326 e. The predicted molar refractivity (Wildman–Crippen MR) is 122 cm³/mol. The Morgan fingerprint density at radius 1 is 1.06 bits per heavy atom. The SMILES string of the molecule is CCC1(c2ccccc2)NC(=O)N(CC(=O)Nc2cc(NC(=O)C(C)C)ccc2C)C1=O.